The van der Waals surface area contributed by atoms with E-state index in [0.29, 0.717) is 11.2 Å². The van der Waals surface area contributed by atoms with E-state index < -0.39 is 0 Å². The quantitative estimate of drug-likeness (QED) is 0.736. The molecule has 2 heterocycles. The third kappa shape index (κ3) is 2.62. The first-order valence-corrected chi connectivity index (χ1v) is 5.93. The maximum absolute atomic E-state index is 5.86. The number of aromatic nitrogens is 2. The van der Waals surface area contributed by atoms with Crippen molar-refractivity contribution >= 4 is 17.4 Å². The van der Waals surface area contributed by atoms with E-state index in [0.717, 1.165) is 18.9 Å². The van der Waals surface area contributed by atoms with Crippen molar-refractivity contribution in [3.05, 3.63) is 17.5 Å². The SMILES string of the molecule is CN(C)C1CCN(c2cc(Cl)ncn2)CC1. The molecule has 4 nitrogen and oxygen atoms in total. The molecule has 0 unspecified atom stereocenters. The normalized spacial score (nSPS) is 18.1. The summed E-state index contributed by atoms with van der Waals surface area (Å²) >= 11 is 5.86. The molecule has 1 aromatic rings. The van der Waals surface area contributed by atoms with Gasteiger partial charge >= 0.3 is 0 Å². The van der Waals surface area contributed by atoms with Crippen LogP contribution in [0.4, 0.5) is 5.82 Å². The highest BCUT2D eigenvalue weighted by molar-refractivity contribution is 6.29. The molecule has 0 N–H and O–H groups in total. The first-order valence-electron chi connectivity index (χ1n) is 5.56. The lowest BCUT2D eigenvalue weighted by atomic mass is 10.0. The zero-order valence-electron chi connectivity index (χ0n) is 9.73. The van der Waals surface area contributed by atoms with Gasteiger partial charge in [0.2, 0.25) is 0 Å². The van der Waals surface area contributed by atoms with E-state index >= 15 is 0 Å². The lowest BCUT2D eigenvalue weighted by Crippen LogP contribution is -2.42. The second-order valence-corrected chi connectivity index (χ2v) is 4.77. The number of piperidine rings is 1. The summed E-state index contributed by atoms with van der Waals surface area (Å²) < 4.78 is 0. The molecule has 1 fully saturated rings. The summed E-state index contributed by atoms with van der Waals surface area (Å²) in [5, 5.41) is 0.514. The van der Waals surface area contributed by atoms with Crippen LogP contribution in [0.2, 0.25) is 5.15 Å². The molecule has 2 rings (SSSR count). The van der Waals surface area contributed by atoms with Crippen molar-refractivity contribution in [1.29, 1.82) is 0 Å². The van der Waals surface area contributed by atoms with Gasteiger partial charge in [-0.3, -0.25) is 0 Å². The van der Waals surface area contributed by atoms with Crippen molar-refractivity contribution in [1.82, 2.24) is 14.9 Å². The molecule has 1 aliphatic heterocycles. The van der Waals surface area contributed by atoms with E-state index in [1.807, 2.05) is 6.07 Å². The van der Waals surface area contributed by atoms with Crippen LogP contribution in [0.5, 0.6) is 0 Å². The molecule has 0 radical (unpaired) electrons. The molecule has 1 aromatic heterocycles. The highest BCUT2D eigenvalue weighted by Gasteiger charge is 2.21. The highest BCUT2D eigenvalue weighted by Crippen LogP contribution is 2.20. The van der Waals surface area contributed by atoms with Gasteiger partial charge in [0.05, 0.1) is 0 Å². The van der Waals surface area contributed by atoms with Gasteiger partial charge in [-0.2, -0.15) is 0 Å². The Hall–Kier alpha value is -0.870. The molecule has 88 valence electrons. The fraction of sp³-hybridized carbons (Fsp3) is 0.636. The summed E-state index contributed by atoms with van der Waals surface area (Å²) in [6.45, 7) is 2.08. The average molecular weight is 241 g/mol. The van der Waals surface area contributed by atoms with Gasteiger partial charge in [0.15, 0.2) is 0 Å². The van der Waals surface area contributed by atoms with Gasteiger partial charge in [-0.25, -0.2) is 9.97 Å². The van der Waals surface area contributed by atoms with Crippen LogP contribution in [0, 0.1) is 0 Å². The topological polar surface area (TPSA) is 32.3 Å². The lowest BCUT2D eigenvalue weighted by Gasteiger charge is -2.35. The predicted octanol–water partition coefficient (Wildman–Crippen LogP) is 1.66. The maximum atomic E-state index is 5.86. The van der Waals surface area contributed by atoms with Crippen LogP contribution >= 0.6 is 11.6 Å². The molecule has 0 saturated carbocycles. The Kier molecular flexibility index (Phi) is 3.61. The molecule has 0 spiro atoms. The smallest absolute Gasteiger partial charge is 0.134 e. The highest BCUT2D eigenvalue weighted by atomic mass is 35.5. The minimum absolute atomic E-state index is 0.514. The Morgan fingerprint density at radius 1 is 1.31 bits per heavy atom. The van der Waals surface area contributed by atoms with E-state index in [4.69, 9.17) is 11.6 Å². The van der Waals surface area contributed by atoms with Crippen LogP contribution in [0.15, 0.2) is 12.4 Å². The molecule has 16 heavy (non-hydrogen) atoms. The zero-order chi connectivity index (χ0) is 11.5. The maximum Gasteiger partial charge on any atom is 0.134 e. The number of nitrogens with zero attached hydrogens (tertiary/aromatic N) is 4. The average Bonchev–Trinajstić information content (AvgIpc) is 2.29. The van der Waals surface area contributed by atoms with Gasteiger partial charge in [-0.1, -0.05) is 11.6 Å². The number of hydrogen-bond donors (Lipinski definition) is 0. The molecule has 1 saturated heterocycles. The van der Waals surface area contributed by atoms with E-state index in [1.54, 1.807) is 0 Å². The monoisotopic (exact) mass is 240 g/mol. The van der Waals surface area contributed by atoms with E-state index in [2.05, 4.69) is 33.9 Å². The fourth-order valence-corrected chi connectivity index (χ4v) is 2.25. The van der Waals surface area contributed by atoms with Gasteiger partial charge < -0.3 is 9.80 Å². The second-order valence-electron chi connectivity index (χ2n) is 4.38. The Labute approximate surface area is 101 Å². The predicted molar refractivity (Wildman–Crippen MR) is 66.0 cm³/mol. The molecule has 0 aliphatic carbocycles. The van der Waals surface area contributed by atoms with Gasteiger partial charge in [-0.15, -0.1) is 0 Å². The first kappa shape index (κ1) is 11.6. The third-order valence-corrected chi connectivity index (χ3v) is 3.34. The number of halogens is 1. The largest absolute Gasteiger partial charge is 0.356 e. The van der Waals surface area contributed by atoms with E-state index in [9.17, 15) is 0 Å². The Morgan fingerprint density at radius 2 is 2.00 bits per heavy atom. The molecule has 0 bridgehead atoms. The molecule has 0 amide bonds. The summed E-state index contributed by atoms with van der Waals surface area (Å²) in [5.74, 6) is 0.942. The Morgan fingerprint density at radius 3 is 2.56 bits per heavy atom. The van der Waals surface area contributed by atoms with E-state index in [-0.39, 0.29) is 0 Å². The first-order chi connectivity index (χ1) is 7.66. The molecule has 1 aliphatic rings. The van der Waals surface area contributed by atoms with Crippen molar-refractivity contribution in [2.24, 2.45) is 0 Å². The van der Waals surface area contributed by atoms with Crippen molar-refractivity contribution in [2.75, 3.05) is 32.1 Å². The second kappa shape index (κ2) is 4.97. The van der Waals surface area contributed by atoms with Gasteiger partial charge in [0.1, 0.15) is 17.3 Å². The molecule has 0 atom stereocenters. The third-order valence-electron chi connectivity index (χ3n) is 3.14. The summed E-state index contributed by atoms with van der Waals surface area (Å²) in [7, 11) is 4.28. The zero-order valence-corrected chi connectivity index (χ0v) is 10.5. The minimum atomic E-state index is 0.514. The van der Waals surface area contributed by atoms with Gasteiger partial charge in [0, 0.05) is 25.2 Å². The van der Waals surface area contributed by atoms with Crippen molar-refractivity contribution in [3.8, 4) is 0 Å². The number of anilines is 1. The Bertz CT molecular complexity index is 348. The molecule has 5 heteroatoms. The van der Waals surface area contributed by atoms with Crippen molar-refractivity contribution in [2.45, 2.75) is 18.9 Å². The number of hydrogen-bond acceptors (Lipinski definition) is 4. The summed E-state index contributed by atoms with van der Waals surface area (Å²) in [6, 6.07) is 2.52. The standard InChI is InChI=1S/C11H17ClN4/c1-15(2)9-3-5-16(6-4-9)11-7-10(12)13-8-14-11/h7-9H,3-6H2,1-2H3. The van der Waals surface area contributed by atoms with Crippen LogP contribution < -0.4 is 4.90 Å². The minimum Gasteiger partial charge on any atom is -0.356 e. The summed E-state index contributed by atoms with van der Waals surface area (Å²) in [5.41, 5.74) is 0. The van der Waals surface area contributed by atoms with Crippen LogP contribution in [0.3, 0.4) is 0 Å². The van der Waals surface area contributed by atoms with Gasteiger partial charge in [-0.05, 0) is 26.9 Å². The summed E-state index contributed by atoms with van der Waals surface area (Å²) in [6.07, 6.45) is 3.87. The fourth-order valence-electron chi connectivity index (χ4n) is 2.11. The molecular weight excluding hydrogens is 224 g/mol. The summed E-state index contributed by atoms with van der Waals surface area (Å²) in [4.78, 5) is 12.7. The molecule has 0 aromatic carbocycles. The van der Waals surface area contributed by atoms with Gasteiger partial charge in [0.25, 0.3) is 0 Å². The van der Waals surface area contributed by atoms with Crippen LogP contribution in [-0.2, 0) is 0 Å². The van der Waals surface area contributed by atoms with Crippen LogP contribution in [0.1, 0.15) is 12.8 Å². The number of rotatable bonds is 2. The van der Waals surface area contributed by atoms with E-state index in [1.165, 1.54) is 19.2 Å². The van der Waals surface area contributed by atoms with Crippen LogP contribution in [-0.4, -0.2) is 48.1 Å². The Balaban J connectivity index is 1.99. The lowest BCUT2D eigenvalue weighted by molar-refractivity contribution is 0.249. The van der Waals surface area contributed by atoms with Crippen molar-refractivity contribution < 1.29 is 0 Å². The molecular formula is C11H17ClN4. The van der Waals surface area contributed by atoms with Crippen molar-refractivity contribution in [3.63, 3.8) is 0 Å². The van der Waals surface area contributed by atoms with Crippen LogP contribution in [0.25, 0.3) is 0 Å².